The number of carbonyl (C=O) groups is 1. The minimum Gasteiger partial charge on any atom is -0.482 e. The molecule has 6 heteroatoms. The first-order valence-electron chi connectivity index (χ1n) is 9.86. The molecule has 3 rings (SSSR count). The Morgan fingerprint density at radius 3 is 2.72 bits per heavy atom. The predicted molar refractivity (Wildman–Crippen MR) is 110 cm³/mol. The zero-order valence-electron chi connectivity index (χ0n) is 17.3. The lowest BCUT2D eigenvalue weighted by atomic mass is 9.99. The molecule has 29 heavy (non-hydrogen) atoms. The number of ether oxygens (including phenoxy) is 3. The molecule has 0 amide bonds. The number of rotatable bonds is 7. The van der Waals surface area contributed by atoms with Gasteiger partial charge in [-0.15, -0.1) is 0 Å². The number of hydrogen-bond acceptors (Lipinski definition) is 6. The number of nitrogens with zero attached hydrogens (tertiary/aromatic N) is 1. The van der Waals surface area contributed by atoms with E-state index >= 15 is 0 Å². The van der Waals surface area contributed by atoms with Gasteiger partial charge in [0.25, 0.3) is 0 Å². The third kappa shape index (κ3) is 5.56. The number of aliphatic hydroxyl groups is 1. The Balaban J connectivity index is 1.60. The highest BCUT2D eigenvalue weighted by molar-refractivity contribution is 5.70. The monoisotopic (exact) mass is 399 g/mol. The molecule has 1 N–H and O–H groups in total. The van der Waals surface area contributed by atoms with E-state index in [2.05, 4.69) is 16.6 Å². The lowest BCUT2D eigenvalue weighted by molar-refractivity contribution is -0.251. The maximum Gasteiger partial charge on any atom is 0.343 e. The predicted octanol–water partition coefficient (Wildman–Crippen LogP) is 2.66. The van der Waals surface area contributed by atoms with Crippen molar-refractivity contribution < 1.29 is 24.1 Å². The minimum atomic E-state index is -1.29. The van der Waals surface area contributed by atoms with Crippen molar-refractivity contribution in [1.29, 1.82) is 0 Å². The largest absolute Gasteiger partial charge is 0.482 e. The molecule has 1 fully saturated rings. The molecule has 0 radical (unpaired) electrons. The van der Waals surface area contributed by atoms with E-state index in [1.165, 1.54) is 7.11 Å². The number of carbonyl (C=O) groups excluding carboxylic acids is 1. The van der Waals surface area contributed by atoms with Gasteiger partial charge in [-0.3, -0.25) is 4.90 Å². The Morgan fingerprint density at radius 2 is 2.03 bits per heavy atom. The summed E-state index contributed by atoms with van der Waals surface area (Å²) in [6, 6.07) is 15.8. The molecular formula is C23H29NO5. The summed E-state index contributed by atoms with van der Waals surface area (Å²) in [6.07, 6.45) is 0.835. The Hall–Kier alpha value is -2.41. The molecule has 2 aromatic carbocycles. The molecule has 156 valence electrons. The average molecular weight is 399 g/mol. The van der Waals surface area contributed by atoms with Crippen molar-refractivity contribution in [2.75, 3.05) is 33.4 Å². The van der Waals surface area contributed by atoms with Gasteiger partial charge in [0.2, 0.25) is 5.79 Å². The smallest absolute Gasteiger partial charge is 0.343 e. The van der Waals surface area contributed by atoms with Crippen LogP contribution in [0, 0.1) is 6.92 Å². The van der Waals surface area contributed by atoms with Gasteiger partial charge < -0.3 is 19.3 Å². The number of methoxy groups -OCH3 is 1. The minimum absolute atomic E-state index is 0.0996. The number of benzene rings is 2. The van der Waals surface area contributed by atoms with Crippen LogP contribution in [0.3, 0.4) is 0 Å². The van der Waals surface area contributed by atoms with Crippen LogP contribution in [0.2, 0.25) is 0 Å². The first-order chi connectivity index (χ1) is 13.9. The third-order valence-corrected chi connectivity index (χ3v) is 5.27. The topological polar surface area (TPSA) is 68.2 Å². The van der Waals surface area contributed by atoms with Crippen molar-refractivity contribution in [2.45, 2.75) is 32.1 Å². The van der Waals surface area contributed by atoms with Gasteiger partial charge in [-0.1, -0.05) is 42.0 Å². The van der Waals surface area contributed by atoms with Gasteiger partial charge >= 0.3 is 5.97 Å². The van der Waals surface area contributed by atoms with Crippen LogP contribution in [-0.2, 0) is 26.5 Å². The summed E-state index contributed by atoms with van der Waals surface area (Å²) < 4.78 is 15.7. The van der Waals surface area contributed by atoms with Gasteiger partial charge in [0.05, 0.1) is 20.3 Å². The van der Waals surface area contributed by atoms with Crippen LogP contribution >= 0.6 is 0 Å². The van der Waals surface area contributed by atoms with E-state index in [-0.39, 0.29) is 12.6 Å². The van der Waals surface area contributed by atoms with Crippen LogP contribution in [0.25, 0.3) is 0 Å². The lowest BCUT2D eigenvalue weighted by Gasteiger charge is -2.42. The third-order valence-electron chi connectivity index (χ3n) is 5.27. The molecule has 0 saturated carbocycles. The zero-order chi connectivity index (χ0) is 20.9. The maximum atomic E-state index is 11.2. The molecule has 0 aliphatic carbocycles. The van der Waals surface area contributed by atoms with Crippen LogP contribution in [0.15, 0.2) is 48.5 Å². The van der Waals surface area contributed by atoms with E-state index in [4.69, 9.17) is 9.47 Å². The number of hydrogen-bond donors (Lipinski definition) is 1. The first-order valence-corrected chi connectivity index (χ1v) is 9.86. The second-order valence-electron chi connectivity index (χ2n) is 7.53. The van der Waals surface area contributed by atoms with Crippen LogP contribution < -0.4 is 4.74 Å². The molecule has 2 unspecified atom stereocenters. The SMILES string of the molecule is COC(=O)COc1ccc(CC(C)N2CCOC(O)(c3cccc(C)c3)C2)cc1. The molecule has 6 nitrogen and oxygen atoms in total. The van der Waals surface area contributed by atoms with Crippen LogP contribution in [-0.4, -0.2) is 55.4 Å². The summed E-state index contributed by atoms with van der Waals surface area (Å²) in [5.74, 6) is -1.06. The molecule has 1 aliphatic rings. The number of β-amino-alcohol motifs (C(OH)–C–C–N with tert-alkyl or cyclic N) is 1. The van der Waals surface area contributed by atoms with Crippen LogP contribution in [0.1, 0.15) is 23.6 Å². The van der Waals surface area contributed by atoms with Crippen molar-refractivity contribution >= 4 is 5.97 Å². The van der Waals surface area contributed by atoms with E-state index in [1.54, 1.807) is 0 Å². The van der Waals surface area contributed by atoms with Crippen LogP contribution in [0.5, 0.6) is 5.75 Å². The average Bonchev–Trinajstić information content (AvgIpc) is 2.73. The quantitative estimate of drug-likeness (QED) is 0.722. The summed E-state index contributed by atoms with van der Waals surface area (Å²) in [6.45, 7) is 5.75. The number of aryl methyl sites for hydroxylation is 1. The maximum absolute atomic E-state index is 11.2. The molecule has 1 saturated heterocycles. The van der Waals surface area contributed by atoms with E-state index in [0.717, 1.165) is 29.7 Å². The van der Waals surface area contributed by atoms with Gasteiger partial charge in [0.1, 0.15) is 5.75 Å². The zero-order valence-corrected chi connectivity index (χ0v) is 17.3. The summed E-state index contributed by atoms with van der Waals surface area (Å²) >= 11 is 0. The van der Waals surface area contributed by atoms with Gasteiger partial charge in [0, 0.05) is 18.2 Å². The fraction of sp³-hybridized carbons (Fsp3) is 0.435. The molecule has 1 aliphatic heterocycles. The molecule has 0 aromatic heterocycles. The summed E-state index contributed by atoms with van der Waals surface area (Å²) in [5.41, 5.74) is 3.05. The Bertz CT molecular complexity index is 822. The fourth-order valence-corrected chi connectivity index (χ4v) is 3.56. The number of esters is 1. The normalized spacial score (nSPS) is 20.8. The van der Waals surface area contributed by atoms with Gasteiger partial charge in [-0.2, -0.15) is 0 Å². The highest BCUT2D eigenvalue weighted by atomic mass is 16.6. The van der Waals surface area contributed by atoms with E-state index < -0.39 is 11.8 Å². The standard InChI is InChI=1S/C23H29NO5/c1-17-5-4-6-20(13-17)23(26)16-24(11-12-29-23)18(2)14-19-7-9-21(10-8-19)28-15-22(25)27-3/h4-10,13,18,26H,11-12,14-16H2,1-3H3. The molecule has 2 atom stereocenters. The molecular weight excluding hydrogens is 370 g/mol. The fourth-order valence-electron chi connectivity index (χ4n) is 3.56. The Kier molecular flexibility index (Phi) is 6.90. The second-order valence-corrected chi connectivity index (χ2v) is 7.53. The molecule has 0 spiro atoms. The summed E-state index contributed by atoms with van der Waals surface area (Å²) in [7, 11) is 1.34. The molecule has 0 bridgehead atoms. The van der Waals surface area contributed by atoms with Gasteiger partial charge in [0.15, 0.2) is 6.61 Å². The van der Waals surface area contributed by atoms with Crippen LogP contribution in [0.4, 0.5) is 0 Å². The number of morpholine rings is 1. The van der Waals surface area contributed by atoms with Crippen molar-refractivity contribution in [3.63, 3.8) is 0 Å². The van der Waals surface area contributed by atoms with Gasteiger partial charge in [-0.25, -0.2) is 4.79 Å². The van der Waals surface area contributed by atoms with E-state index in [9.17, 15) is 9.90 Å². The van der Waals surface area contributed by atoms with Crippen molar-refractivity contribution in [2.24, 2.45) is 0 Å². The van der Waals surface area contributed by atoms with Crippen molar-refractivity contribution in [1.82, 2.24) is 4.90 Å². The second kappa shape index (κ2) is 9.39. The van der Waals surface area contributed by atoms with E-state index in [1.807, 2.05) is 55.5 Å². The van der Waals surface area contributed by atoms with Crippen molar-refractivity contribution in [3.05, 3.63) is 65.2 Å². The first kappa shape index (κ1) is 21.3. The lowest BCUT2D eigenvalue weighted by Crippen LogP contribution is -2.53. The summed E-state index contributed by atoms with van der Waals surface area (Å²) in [5, 5.41) is 11.1. The molecule has 1 heterocycles. The van der Waals surface area contributed by atoms with Crippen molar-refractivity contribution in [3.8, 4) is 5.75 Å². The highest BCUT2D eigenvalue weighted by Crippen LogP contribution is 2.29. The Labute approximate surface area is 172 Å². The van der Waals surface area contributed by atoms with E-state index in [0.29, 0.717) is 18.9 Å². The summed E-state index contributed by atoms with van der Waals surface area (Å²) in [4.78, 5) is 13.4. The highest BCUT2D eigenvalue weighted by Gasteiger charge is 2.37. The Morgan fingerprint density at radius 1 is 1.28 bits per heavy atom. The van der Waals surface area contributed by atoms with Gasteiger partial charge in [-0.05, 0) is 38.0 Å². The molecule has 2 aromatic rings.